The third-order valence-electron chi connectivity index (χ3n) is 5.29. The standard InChI is InChI=1S/C18H13BrN4O5/c19-12-5-9(6-13(23(26)27)16(12)28-4-3-20)8-21-22-17(24)14-10-1-2-11(7-10)15(14)18(22)25/h1-2,5-6,8,10-11,14-15H,4,7H2/t10-,11-,14-,15+/m0/s1. The second-order valence-electron chi connectivity index (χ2n) is 6.79. The number of nitriles is 1. The van der Waals surface area contributed by atoms with E-state index in [9.17, 15) is 19.7 Å². The first-order valence-electron chi connectivity index (χ1n) is 8.50. The van der Waals surface area contributed by atoms with Gasteiger partial charge in [0.1, 0.15) is 6.07 Å². The Morgan fingerprint density at radius 1 is 1.32 bits per heavy atom. The smallest absolute Gasteiger partial charge is 0.312 e. The van der Waals surface area contributed by atoms with Crippen molar-refractivity contribution >= 4 is 39.6 Å². The van der Waals surface area contributed by atoms with E-state index in [1.54, 1.807) is 6.07 Å². The van der Waals surface area contributed by atoms with Crippen molar-refractivity contribution in [3.8, 4) is 11.8 Å². The molecule has 28 heavy (non-hydrogen) atoms. The van der Waals surface area contributed by atoms with Gasteiger partial charge in [-0.05, 0) is 40.3 Å². The summed E-state index contributed by atoms with van der Waals surface area (Å²) in [4.78, 5) is 35.9. The van der Waals surface area contributed by atoms with Crippen molar-refractivity contribution < 1.29 is 19.2 Å². The monoisotopic (exact) mass is 444 g/mol. The van der Waals surface area contributed by atoms with Gasteiger partial charge < -0.3 is 4.74 Å². The molecule has 2 bridgehead atoms. The van der Waals surface area contributed by atoms with Crippen LogP contribution in [0.1, 0.15) is 12.0 Å². The summed E-state index contributed by atoms with van der Waals surface area (Å²) in [7, 11) is 0. The van der Waals surface area contributed by atoms with Gasteiger partial charge in [-0.1, -0.05) is 12.2 Å². The van der Waals surface area contributed by atoms with Gasteiger partial charge in [-0.2, -0.15) is 15.4 Å². The average Bonchev–Trinajstić information content (AvgIpc) is 3.33. The van der Waals surface area contributed by atoms with E-state index in [4.69, 9.17) is 10.00 Å². The number of amides is 2. The number of nitro benzene ring substituents is 1. The van der Waals surface area contributed by atoms with Crippen molar-refractivity contribution in [2.75, 3.05) is 6.61 Å². The Bertz CT molecular complexity index is 968. The molecular weight excluding hydrogens is 432 g/mol. The number of imide groups is 1. The molecule has 1 aromatic rings. The molecule has 142 valence electrons. The zero-order valence-electron chi connectivity index (χ0n) is 14.3. The summed E-state index contributed by atoms with van der Waals surface area (Å²) >= 11 is 3.18. The van der Waals surface area contributed by atoms with Crippen LogP contribution in [0.5, 0.6) is 5.75 Å². The van der Waals surface area contributed by atoms with Gasteiger partial charge in [0.25, 0.3) is 11.8 Å². The number of fused-ring (bicyclic) bond motifs is 5. The minimum atomic E-state index is -0.644. The SMILES string of the molecule is N#CCOc1c(Br)cc(C=NN2C(=O)[C@@H]3[C@H](C2=O)[C@H]2C=C[C@H]3C2)cc1[N+](=O)[O-]. The van der Waals surface area contributed by atoms with Crippen molar-refractivity contribution in [1.29, 1.82) is 5.26 Å². The normalized spacial score (nSPS) is 27.5. The number of hydrogen-bond acceptors (Lipinski definition) is 7. The Hall–Kier alpha value is -3.06. The molecule has 0 unspecified atom stereocenters. The Labute approximate surface area is 167 Å². The first-order chi connectivity index (χ1) is 13.4. The lowest BCUT2D eigenvalue weighted by Gasteiger charge is -2.13. The molecule has 0 N–H and O–H groups in total. The summed E-state index contributed by atoms with van der Waals surface area (Å²) in [6.07, 6.45) is 6.04. The largest absolute Gasteiger partial charge is 0.471 e. The molecule has 1 saturated heterocycles. The Morgan fingerprint density at radius 2 is 1.96 bits per heavy atom. The topological polar surface area (TPSA) is 126 Å². The van der Waals surface area contributed by atoms with E-state index >= 15 is 0 Å². The molecule has 1 heterocycles. The third-order valence-corrected chi connectivity index (χ3v) is 5.88. The summed E-state index contributed by atoms with van der Waals surface area (Å²) in [5.41, 5.74) is -0.0501. The molecule has 2 amide bonds. The molecule has 10 heteroatoms. The Morgan fingerprint density at radius 3 is 2.54 bits per heavy atom. The van der Waals surface area contributed by atoms with Crippen LogP contribution in [-0.4, -0.2) is 34.6 Å². The fourth-order valence-electron chi connectivity index (χ4n) is 4.18. The van der Waals surface area contributed by atoms with Crippen LogP contribution in [0.4, 0.5) is 5.69 Å². The highest BCUT2D eigenvalue weighted by molar-refractivity contribution is 9.10. The summed E-state index contributed by atoms with van der Waals surface area (Å²) in [6.45, 7) is -0.344. The molecule has 1 aromatic carbocycles. The van der Waals surface area contributed by atoms with E-state index < -0.39 is 4.92 Å². The molecule has 4 rings (SSSR count). The van der Waals surface area contributed by atoms with Crippen LogP contribution in [0.15, 0.2) is 33.9 Å². The molecule has 1 aliphatic heterocycles. The number of nitrogens with zero attached hydrogens (tertiary/aromatic N) is 4. The quantitative estimate of drug-likeness (QED) is 0.225. The lowest BCUT2D eigenvalue weighted by atomic mass is 9.85. The van der Waals surface area contributed by atoms with Gasteiger partial charge in [0, 0.05) is 11.6 Å². The van der Waals surface area contributed by atoms with Crippen LogP contribution >= 0.6 is 15.9 Å². The molecule has 3 aliphatic rings. The van der Waals surface area contributed by atoms with E-state index in [0.29, 0.717) is 5.56 Å². The molecule has 0 radical (unpaired) electrons. The Balaban J connectivity index is 1.60. The predicted octanol–water partition coefficient (Wildman–Crippen LogP) is 2.40. The number of carbonyl (C=O) groups excluding carboxylic acids is 2. The molecule has 0 aromatic heterocycles. The van der Waals surface area contributed by atoms with Crippen molar-refractivity contribution in [2.45, 2.75) is 6.42 Å². The van der Waals surface area contributed by atoms with Crippen molar-refractivity contribution in [1.82, 2.24) is 5.01 Å². The number of nitro groups is 1. The van der Waals surface area contributed by atoms with Gasteiger partial charge in [-0.25, -0.2) is 0 Å². The van der Waals surface area contributed by atoms with Crippen molar-refractivity contribution in [3.05, 3.63) is 44.4 Å². The minimum Gasteiger partial charge on any atom is -0.471 e. The number of carbonyl (C=O) groups is 2. The van der Waals surface area contributed by atoms with Crippen LogP contribution < -0.4 is 4.74 Å². The van der Waals surface area contributed by atoms with Gasteiger partial charge in [0.2, 0.25) is 5.75 Å². The van der Waals surface area contributed by atoms with Gasteiger partial charge in [0.05, 0.1) is 27.4 Å². The average molecular weight is 445 g/mol. The van der Waals surface area contributed by atoms with Gasteiger partial charge in [-0.15, -0.1) is 0 Å². The number of ether oxygens (including phenoxy) is 1. The van der Waals surface area contributed by atoms with Crippen LogP contribution in [0.3, 0.4) is 0 Å². The number of halogens is 1. The third kappa shape index (κ3) is 2.79. The van der Waals surface area contributed by atoms with Gasteiger partial charge in [0.15, 0.2) is 6.61 Å². The maximum Gasteiger partial charge on any atom is 0.312 e. The van der Waals surface area contributed by atoms with Crippen LogP contribution in [-0.2, 0) is 9.59 Å². The van der Waals surface area contributed by atoms with E-state index in [1.807, 2.05) is 12.2 Å². The number of hydrazone groups is 1. The van der Waals surface area contributed by atoms with Gasteiger partial charge in [-0.3, -0.25) is 19.7 Å². The minimum absolute atomic E-state index is 0.0748. The number of allylic oxidation sites excluding steroid dienone is 2. The number of rotatable bonds is 5. The zero-order valence-corrected chi connectivity index (χ0v) is 15.9. The molecule has 9 nitrogen and oxygen atoms in total. The summed E-state index contributed by atoms with van der Waals surface area (Å²) in [6, 6.07) is 4.46. The maximum absolute atomic E-state index is 12.6. The first kappa shape index (κ1) is 18.3. The molecule has 0 spiro atoms. The Kier molecular flexibility index (Phi) is 4.47. The van der Waals surface area contributed by atoms with Crippen molar-refractivity contribution in [3.63, 3.8) is 0 Å². The highest BCUT2D eigenvalue weighted by Crippen LogP contribution is 2.52. The fourth-order valence-corrected chi connectivity index (χ4v) is 4.76. The number of benzene rings is 1. The zero-order chi connectivity index (χ0) is 20.0. The lowest BCUT2D eigenvalue weighted by molar-refractivity contribution is -0.385. The second-order valence-corrected chi connectivity index (χ2v) is 7.64. The van der Waals surface area contributed by atoms with E-state index in [2.05, 4.69) is 21.0 Å². The van der Waals surface area contributed by atoms with E-state index in [1.165, 1.54) is 18.3 Å². The highest BCUT2D eigenvalue weighted by atomic mass is 79.9. The highest BCUT2D eigenvalue weighted by Gasteiger charge is 2.59. The molecule has 4 atom stereocenters. The van der Waals surface area contributed by atoms with Crippen LogP contribution in [0.2, 0.25) is 0 Å². The summed E-state index contributed by atoms with van der Waals surface area (Å²) in [5.74, 6) is -1.28. The lowest BCUT2D eigenvalue weighted by Crippen LogP contribution is -2.28. The van der Waals surface area contributed by atoms with E-state index in [0.717, 1.165) is 11.4 Å². The molecule has 2 aliphatic carbocycles. The van der Waals surface area contributed by atoms with E-state index in [-0.39, 0.29) is 58.0 Å². The fraction of sp³-hybridized carbons (Fsp3) is 0.333. The summed E-state index contributed by atoms with van der Waals surface area (Å²) < 4.78 is 5.37. The van der Waals surface area contributed by atoms with Crippen molar-refractivity contribution in [2.24, 2.45) is 28.8 Å². The number of hydrogen-bond donors (Lipinski definition) is 0. The molecular formula is C18H13BrN4O5. The maximum atomic E-state index is 12.6. The molecule has 2 fully saturated rings. The predicted molar refractivity (Wildman–Crippen MR) is 99.1 cm³/mol. The first-order valence-corrected chi connectivity index (χ1v) is 9.29. The van der Waals surface area contributed by atoms with Crippen LogP contribution in [0, 0.1) is 45.1 Å². The van der Waals surface area contributed by atoms with Gasteiger partial charge >= 0.3 is 5.69 Å². The second kappa shape index (κ2) is 6.83. The molecule has 1 saturated carbocycles. The van der Waals surface area contributed by atoms with Crippen LogP contribution in [0.25, 0.3) is 0 Å². The summed E-state index contributed by atoms with van der Waals surface area (Å²) in [5, 5.41) is 24.8.